The highest BCUT2D eigenvalue weighted by Crippen LogP contribution is 2.26. The number of ether oxygens (including phenoxy) is 1. The summed E-state index contributed by atoms with van der Waals surface area (Å²) in [5.41, 5.74) is -0.185. The van der Waals surface area contributed by atoms with Gasteiger partial charge in [0.05, 0.1) is 18.4 Å². The Hall–Kier alpha value is -2.38. The molecule has 0 bridgehead atoms. The van der Waals surface area contributed by atoms with E-state index in [4.69, 9.17) is 5.11 Å². The largest absolute Gasteiger partial charge is 0.465 e. The average Bonchev–Trinajstić information content (AvgIpc) is 2.57. The number of halogens is 2. The van der Waals surface area contributed by atoms with E-state index in [1.165, 1.54) is 11.0 Å². The maximum atomic E-state index is 14.0. The first-order valence-corrected chi connectivity index (χ1v) is 7.65. The van der Waals surface area contributed by atoms with E-state index in [-0.39, 0.29) is 23.2 Å². The summed E-state index contributed by atoms with van der Waals surface area (Å²) >= 11 is 0. The molecule has 1 aliphatic heterocycles. The van der Waals surface area contributed by atoms with Crippen molar-refractivity contribution in [2.45, 2.75) is 25.8 Å². The number of carbonyl (C=O) groups excluding carboxylic acids is 1. The van der Waals surface area contributed by atoms with Gasteiger partial charge in [-0.1, -0.05) is 0 Å². The number of nitrogens with zero attached hydrogens (tertiary/aromatic N) is 1. The van der Waals surface area contributed by atoms with Crippen molar-refractivity contribution in [1.82, 2.24) is 4.90 Å². The predicted octanol–water partition coefficient (Wildman–Crippen LogP) is 2.94. The molecule has 0 aromatic heterocycles. The summed E-state index contributed by atoms with van der Waals surface area (Å²) in [6, 6.07) is 1.80. The van der Waals surface area contributed by atoms with Gasteiger partial charge in [-0.2, -0.15) is 0 Å². The van der Waals surface area contributed by atoms with Gasteiger partial charge in [-0.25, -0.2) is 18.4 Å². The van der Waals surface area contributed by atoms with E-state index in [0.717, 1.165) is 13.2 Å². The van der Waals surface area contributed by atoms with Crippen molar-refractivity contribution in [3.05, 3.63) is 29.3 Å². The quantitative estimate of drug-likeness (QED) is 0.823. The molecule has 0 spiro atoms. The van der Waals surface area contributed by atoms with Gasteiger partial charge in [0.1, 0.15) is 0 Å². The minimum atomic E-state index is -1.13. The number of likely N-dealkylation sites (tertiary alicyclic amines) is 1. The van der Waals surface area contributed by atoms with Crippen LogP contribution in [-0.2, 0) is 4.74 Å². The van der Waals surface area contributed by atoms with E-state index < -0.39 is 23.7 Å². The molecule has 2 rings (SSSR count). The molecule has 8 heteroatoms. The topological polar surface area (TPSA) is 78.9 Å². The van der Waals surface area contributed by atoms with Crippen LogP contribution >= 0.6 is 0 Å². The third-order valence-corrected chi connectivity index (χ3v) is 4.35. The Morgan fingerprint density at radius 2 is 1.96 bits per heavy atom. The Bertz CT molecular complexity index is 631. The first-order chi connectivity index (χ1) is 11.3. The molecule has 24 heavy (non-hydrogen) atoms. The van der Waals surface area contributed by atoms with Gasteiger partial charge in [-0.05, 0) is 37.8 Å². The molecular formula is C16H20F2N2O4. The molecule has 1 aliphatic rings. The lowest BCUT2D eigenvalue weighted by Crippen LogP contribution is -2.41. The zero-order chi connectivity index (χ0) is 17.9. The molecule has 6 nitrogen and oxygen atoms in total. The van der Waals surface area contributed by atoms with Gasteiger partial charge in [-0.3, -0.25) is 0 Å². The fourth-order valence-electron chi connectivity index (χ4n) is 2.88. The summed E-state index contributed by atoms with van der Waals surface area (Å²) in [5.74, 6) is -2.82. The molecule has 1 heterocycles. The summed E-state index contributed by atoms with van der Waals surface area (Å²) in [5, 5.41) is 11.8. The monoisotopic (exact) mass is 342 g/mol. The molecule has 1 amide bonds. The maximum absolute atomic E-state index is 14.0. The Morgan fingerprint density at radius 1 is 1.33 bits per heavy atom. The van der Waals surface area contributed by atoms with Gasteiger partial charge < -0.3 is 20.1 Å². The second kappa shape index (κ2) is 7.46. The Morgan fingerprint density at radius 3 is 2.50 bits per heavy atom. The Balaban J connectivity index is 2.09. The van der Waals surface area contributed by atoms with Crippen molar-refractivity contribution >= 4 is 17.7 Å². The minimum absolute atomic E-state index is 0.0770. The number of rotatable bonds is 4. The number of carboxylic acid groups (broad SMARTS) is 1. The fourth-order valence-corrected chi connectivity index (χ4v) is 2.88. The number of esters is 1. The van der Waals surface area contributed by atoms with Crippen LogP contribution < -0.4 is 5.32 Å². The van der Waals surface area contributed by atoms with Gasteiger partial charge in [0, 0.05) is 19.1 Å². The highest BCUT2D eigenvalue weighted by molar-refractivity contribution is 5.90. The van der Waals surface area contributed by atoms with Crippen LogP contribution in [-0.4, -0.2) is 48.3 Å². The highest BCUT2D eigenvalue weighted by atomic mass is 19.2. The molecule has 0 radical (unpaired) electrons. The van der Waals surface area contributed by atoms with Gasteiger partial charge in [0.2, 0.25) is 0 Å². The summed E-state index contributed by atoms with van der Waals surface area (Å²) < 4.78 is 32.2. The van der Waals surface area contributed by atoms with Gasteiger partial charge >= 0.3 is 12.1 Å². The molecule has 1 fully saturated rings. The molecule has 0 unspecified atom stereocenters. The predicted molar refractivity (Wildman–Crippen MR) is 83.1 cm³/mol. The maximum Gasteiger partial charge on any atom is 0.407 e. The number of nitrogens with one attached hydrogen (secondary N) is 1. The fraction of sp³-hybridized carbons (Fsp3) is 0.500. The lowest BCUT2D eigenvalue weighted by molar-refractivity contribution is 0.0600. The number of methoxy groups -OCH3 is 1. The van der Waals surface area contributed by atoms with E-state index in [0.29, 0.717) is 25.9 Å². The van der Waals surface area contributed by atoms with Crippen LogP contribution in [0.15, 0.2) is 12.1 Å². The van der Waals surface area contributed by atoms with Gasteiger partial charge in [-0.15, -0.1) is 0 Å². The van der Waals surface area contributed by atoms with Gasteiger partial charge in [0.15, 0.2) is 11.6 Å². The van der Waals surface area contributed by atoms with Crippen molar-refractivity contribution in [3.63, 3.8) is 0 Å². The molecule has 0 aliphatic carbocycles. The zero-order valence-corrected chi connectivity index (χ0v) is 13.5. The highest BCUT2D eigenvalue weighted by Gasteiger charge is 2.27. The SMILES string of the molecule is COC(=O)c1cc(F)c(F)c(N[C@@H](C)C2CCN(C(=O)O)CC2)c1. The second-order valence-electron chi connectivity index (χ2n) is 5.85. The van der Waals surface area contributed by atoms with E-state index >= 15 is 0 Å². The van der Waals surface area contributed by atoms with Crippen LogP contribution in [0.5, 0.6) is 0 Å². The zero-order valence-electron chi connectivity index (χ0n) is 13.5. The van der Waals surface area contributed by atoms with E-state index in [2.05, 4.69) is 10.1 Å². The Labute approximate surface area is 138 Å². The number of hydrogen-bond donors (Lipinski definition) is 2. The molecule has 1 atom stereocenters. The van der Waals surface area contributed by atoms with Gasteiger partial charge in [0.25, 0.3) is 0 Å². The van der Waals surface area contributed by atoms with E-state index in [1.54, 1.807) is 0 Å². The second-order valence-corrected chi connectivity index (χ2v) is 5.85. The third kappa shape index (κ3) is 3.93. The molecule has 132 valence electrons. The molecular weight excluding hydrogens is 322 g/mol. The van der Waals surface area contributed by atoms with Crippen molar-refractivity contribution in [2.75, 3.05) is 25.5 Å². The summed E-state index contributed by atoms with van der Waals surface area (Å²) in [4.78, 5) is 23.8. The first kappa shape index (κ1) is 18.0. The van der Waals surface area contributed by atoms with Crippen molar-refractivity contribution < 1.29 is 28.2 Å². The Kier molecular flexibility index (Phi) is 5.58. The van der Waals surface area contributed by atoms with Crippen molar-refractivity contribution in [1.29, 1.82) is 0 Å². The normalized spacial score (nSPS) is 16.6. The molecule has 2 N–H and O–H groups in total. The van der Waals surface area contributed by atoms with Crippen LogP contribution in [0.2, 0.25) is 0 Å². The smallest absolute Gasteiger partial charge is 0.407 e. The number of hydrogen-bond acceptors (Lipinski definition) is 4. The average molecular weight is 342 g/mol. The van der Waals surface area contributed by atoms with Crippen LogP contribution in [0.4, 0.5) is 19.3 Å². The molecule has 1 aromatic rings. The minimum Gasteiger partial charge on any atom is -0.465 e. The van der Waals surface area contributed by atoms with Crippen molar-refractivity contribution in [3.8, 4) is 0 Å². The van der Waals surface area contributed by atoms with Crippen LogP contribution in [0.3, 0.4) is 0 Å². The third-order valence-electron chi connectivity index (χ3n) is 4.35. The lowest BCUT2D eigenvalue weighted by Gasteiger charge is -2.34. The molecule has 0 saturated carbocycles. The van der Waals surface area contributed by atoms with Crippen LogP contribution in [0.1, 0.15) is 30.1 Å². The number of piperidine rings is 1. The standard InChI is InChI=1S/C16H20F2N2O4/c1-9(10-3-5-20(6-4-10)16(22)23)19-13-8-11(15(21)24-2)7-12(17)14(13)18/h7-10,19H,3-6H2,1-2H3,(H,22,23)/t9-/m0/s1. The van der Waals surface area contributed by atoms with Crippen LogP contribution in [0.25, 0.3) is 0 Å². The number of anilines is 1. The summed E-state index contributed by atoms with van der Waals surface area (Å²) in [6.07, 6.45) is 0.302. The number of benzene rings is 1. The summed E-state index contributed by atoms with van der Waals surface area (Å²) in [6.45, 7) is 2.64. The summed E-state index contributed by atoms with van der Waals surface area (Å²) in [7, 11) is 1.16. The number of amides is 1. The number of carbonyl (C=O) groups is 2. The first-order valence-electron chi connectivity index (χ1n) is 7.65. The molecule has 1 aromatic carbocycles. The van der Waals surface area contributed by atoms with Crippen LogP contribution in [0, 0.1) is 17.6 Å². The van der Waals surface area contributed by atoms with E-state index in [1.807, 2.05) is 6.92 Å². The molecule has 1 saturated heterocycles. The van der Waals surface area contributed by atoms with E-state index in [9.17, 15) is 18.4 Å². The van der Waals surface area contributed by atoms with Crippen molar-refractivity contribution in [2.24, 2.45) is 5.92 Å². The lowest BCUT2D eigenvalue weighted by atomic mass is 9.90.